The molecule has 0 amide bonds. The van der Waals surface area contributed by atoms with E-state index in [2.05, 4.69) is 15.9 Å². The van der Waals surface area contributed by atoms with Gasteiger partial charge in [-0.1, -0.05) is 52.3 Å². The molecule has 104 valence electrons. The summed E-state index contributed by atoms with van der Waals surface area (Å²) in [6.45, 7) is 0. The SMILES string of the molecule is NC(Cc1ccccc1Br)Cc1ccccc1[N+](=O)[O-]. The van der Waals surface area contributed by atoms with Gasteiger partial charge in [-0.3, -0.25) is 10.1 Å². The number of nitro benzene ring substituents is 1. The van der Waals surface area contributed by atoms with Crippen molar-refractivity contribution in [1.82, 2.24) is 0 Å². The number of para-hydroxylation sites is 1. The van der Waals surface area contributed by atoms with Gasteiger partial charge in [-0.15, -0.1) is 0 Å². The Morgan fingerprint density at radius 2 is 1.60 bits per heavy atom. The maximum absolute atomic E-state index is 11.0. The predicted molar refractivity (Wildman–Crippen MR) is 82.6 cm³/mol. The quantitative estimate of drug-likeness (QED) is 0.672. The molecule has 0 radical (unpaired) electrons. The van der Waals surface area contributed by atoms with Crippen molar-refractivity contribution >= 4 is 21.6 Å². The Kier molecular flexibility index (Phi) is 4.87. The zero-order valence-corrected chi connectivity index (χ0v) is 12.4. The molecule has 0 saturated carbocycles. The highest BCUT2D eigenvalue weighted by Crippen LogP contribution is 2.21. The third-order valence-corrected chi connectivity index (χ3v) is 3.88. The van der Waals surface area contributed by atoms with Gasteiger partial charge < -0.3 is 5.73 Å². The number of halogens is 1. The minimum Gasteiger partial charge on any atom is -0.327 e. The summed E-state index contributed by atoms with van der Waals surface area (Å²) in [4.78, 5) is 10.6. The molecule has 0 saturated heterocycles. The Labute approximate surface area is 125 Å². The predicted octanol–water partition coefficient (Wildman–Crippen LogP) is 3.47. The average molecular weight is 335 g/mol. The van der Waals surface area contributed by atoms with Crippen LogP contribution in [0.5, 0.6) is 0 Å². The van der Waals surface area contributed by atoms with E-state index in [4.69, 9.17) is 5.73 Å². The van der Waals surface area contributed by atoms with Crippen LogP contribution in [-0.4, -0.2) is 11.0 Å². The first-order chi connectivity index (χ1) is 9.58. The van der Waals surface area contributed by atoms with Crippen molar-refractivity contribution in [3.63, 3.8) is 0 Å². The van der Waals surface area contributed by atoms with E-state index in [1.807, 2.05) is 24.3 Å². The third kappa shape index (κ3) is 3.65. The lowest BCUT2D eigenvalue weighted by Crippen LogP contribution is -2.26. The highest BCUT2D eigenvalue weighted by Gasteiger charge is 2.16. The zero-order valence-electron chi connectivity index (χ0n) is 10.8. The maximum Gasteiger partial charge on any atom is 0.272 e. The van der Waals surface area contributed by atoms with Gasteiger partial charge in [0, 0.05) is 22.1 Å². The van der Waals surface area contributed by atoms with Crippen LogP contribution in [0.15, 0.2) is 53.0 Å². The molecule has 4 nitrogen and oxygen atoms in total. The molecular formula is C15H15BrN2O2. The third-order valence-electron chi connectivity index (χ3n) is 3.11. The largest absolute Gasteiger partial charge is 0.327 e. The Hall–Kier alpha value is -1.72. The van der Waals surface area contributed by atoms with Crippen LogP contribution in [0.3, 0.4) is 0 Å². The van der Waals surface area contributed by atoms with E-state index in [9.17, 15) is 10.1 Å². The van der Waals surface area contributed by atoms with E-state index in [0.717, 1.165) is 10.0 Å². The minimum atomic E-state index is -0.361. The molecule has 0 fully saturated rings. The van der Waals surface area contributed by atoms with Crippen LogP contribution < -0.4 is 5.73 Å². The van der Waals surface area contributed by atoms with Gasteiger partial charge in [0.15, 0.2) is 0 Å². The number of hydrogen-bond donors (Lipinski definition) is 1. The van der Waals surface area contributed by atoms with Crippen LogP contribution in [0.1, 0.15) is 11.1 Å². The first kappa shape index (κ1) is 14.7. The summed E-state index contributed by atoms with van der Waals surface area (Å²) < 4.78 is 1.01. The molecule has 1 unspecified atom stereocenters. The molecule has 2 aromatic rings. The second-order valence-electron chi connectivity index (χ2n) is 4.65. The highest BCUT2D eigenvalue weighted by atomic mass is 79.9. The number of benzene rings is 2. The van der Waals surface area contributed by atoms with Gasteiger partial charge in [-0.25, -0.2) is 0 Å². The van der Waals surface area contributed by atoms with E-state index in [1.54, 1.807) is 18.2 Å². The molecule has 0 bridgehead atoms. The molecule has 1 atom stereocenters. The van der Waals surface area contributed by atoms with Gasteiger partial charge in [-0.2, -0.15) is 0 Å². The first-order valence-electron chi connectivity index (χ1n) is 6.29. The van der Waals surface area contributed by atoms with Crippen LogP contribution >= 0.6 is 15.9 Å². The smallest absolute Gasteiger partial charge is 0.272 e. The lowest BCUT2D eigenvalue weighted by atomic mass is 9.99. The molecule has 0 spiro atoms. The molecule has 0 aliphatic heterocycles. The Morgan fingerprint density at radius 1 is 1.05 bits per heavy atom. The second kappa shape index (κ2) is 6.63. The number of nitrogens with zero attached hydrogens (tertiary/aromatic N) is 1. The number of nitro groups is 1. The fourth-order valence-electron chi connectivity index (χ4n) is 2.16. The van der Waals surface area contributed by atoms with Crippen molar-refractivity contribution in [2.45, 2.75) is 18.9 Å². The molecule has 0 aliphatic rings. The van der Waals surface area contributed by atoms with E-state index in [0.29, 0.717) is 18.4 Å². The standard InChI is InChI=1S/C15H15BrN2O2/c16-14-7-3-1-5-11(14)9-13(17)10-12-6-2-4-8-15(12)18(19)20/h1-8,13H,9-10,17H2. The number of hydrogen-bond acceptors (Lipinski definition) is 3. The maximum atomic E-state index is 11.0. The topological polar surface area (TPSA) is 69.2 Å². The minimum absolute atomic E-state index is 0.134. The lowest BCUT2D eigenvalue weighted by molar-refractivity contribution is -0.385. The van der Waals surface area contributed by atoms with E-state index in [-0.39, 0.29) is 16.7 Å². The van der Waals surface area contributed by atoms with Crippen LogP contribution in [0.25, 0.3) is 0 Å². The van der Waals surface area contributed by atoms with Crippen molar-refractivity contribution in [3.05, 3.63) is 74.2 Å². The summed E-state index contributed by atoms with van der Waals surface area (Å²) in [5.41, 5.74) is 8.05. The molecule has 20 heavy (non-hydrogen) atoms. The second-order valence-corrected chi connectivity index (χ2v) is 5.50. The van der Waals surface area contributed by atoms with Crippen molar-refractivity contribution in [2.75, 3.05) is 0 Å². The summed E-state index contributed by atoms with van der Waals surface area (Å²) in [6.07, 6.45) is 1.16. The lowest BCUT2D eigenvalue weighted by Gasteiger charge is -2.13. The fourth-order valence-corrected chi connectivity index (χ4v) is 2.61. The number of nitrogens with two attached hydrogens (primary N) is 1. The average Bonchev–Trinajstić information content (AvgIpc) is 2.41. The van der Waals surface area contributed by atoms with Crippen LogP contribution in [0.4, 0.5) is 5.69 Å². The van der Waals surface area contributed by atoms with E-state index in [1.165, 1.54) is 6.07 Å². The summed E-state index contributed by atoms with van der Waals surface area (Å²) in [5, 5.41) is 11.0. The summed E-state index contributed by atoms with van der Waals surface area (Å²) in [5.74, 6) is 0. The van der Waals surface area contributed by atoms with Crippen molar-refractivity contribution in [2.24, 2.45) is 5.73 Å². The van der Waals surface area contributed by atoms with E-state index < -0.39 is 0 Å². The van der Waals surface area contributed by atoms with E-state index >= 15 is 0 Å². The van der Waals surface area contributed by atoms with Crippen LogP contribution in [0, 0.1) is 10.1 Å². The van der Waals surface area contributed by atoms with Gasteiger partial charge in [0.2, 0.25) is 0 Å². The Bertz CT molecular complexity index is 616. The molecule has 2 aromatic carbocycles. The summed E-state index contributed by atoms with van der Waals surface area (Å²) in [7, 11) is 0. The van der Waals surface area contributed by atoms with Gasteiger partial charge in [0.1, 0.15) is 0 Å². The number of rotatable bonds is 5. The van der Waals surface area contributed by atoms with Crippen LogP contribution in [-0.2, 0) is 12.8 Å². The molecule has 0 aromatic heterocycles. The molecule has 2 rings (SSSR count). The van der Waals surface area contributed by atoms with Crippen molar-refractivity contribution in [3.8, 4) is 0 Å². The van der Waals surface area contributed by atoms with Crippen LogP contribution in [0.2, 0.25) is 0 Å². The Balaban J connectivity index is 2.11. The molecular weight excluding hydrogens is 320 g/mol. The van der Waals surface area contributed by atoms with Gasteiger partial charge >= 0.3 is 0 Å². The first-order valence-corrected chi connectivity index (χ1v) is 7.08. The fraction of sp³-hybridized carbons (Fsp3) is 0.200. The monoisotopic (exact) mass is 334 g/mol. The molecule has 0 heterocycles. The molecule has 2 N–H and O–H groups in total. The normalized spacial score (nSPS) is 12.1. The molecule has 5 heteroatoms. The zero-order chi connectivity index (χ0) is 14.5. The highest BCUT2D eigenvalue weighted by molar-refractivity contribution is 9.10. The van der Waals surface area contributed by atoms with Gasteiger partial charge in [0.05, 0.1) is 4.92 Å². The van der Waals surface area contributed by atoms with Crippen molar-refractivity contribution in [1.29, 1.82) is 0 Å². The summed E-state index contributed by atoms with van der Waals surface area (Å²) in [6, 6.07) is 14.5. The van der Waals surface area contributed by atoms with Crippen molar-refractivity contribution < 1.29 is 4.92 Å². The Morgan fingerprint density at radius 3 is 2.25 bits per heavy atom. The van der Waals surface area contributed by atoms with Gasteiger partial charge in [-0.05, 0) is 24.5 Å². The van der Waals surface area contributed by atoms with Gasteiger partial charge in [0.25, 0.3) is 5.69 Å². The molecule has 0 aliphatic carbocycles. The summed E-state index contributed by atoms with van der Waals surface area (Å²) >= 11 is 3.48.